The summed E-state index contributed by atoms with van der Waals surface area (Å²) in [4.78, 5) is 11.3. The Hall–Kier alpha value is -1.57. The Labute approximate surface area is 96.9 Å². The molecular weight excluding hydrogens is 200 g/mol. The first-order chi connectivity index (χ1) is 7.74. The molecular formula is C14H18O2. The zero-order valence-corrected chi connectivity index (χ0v) is 9.90. The van der Waals surface area contributed by atoms with Crippen LogP contribution in [0, 0.1) is 0 Å². The molecule has 0 heterocycles. The molecule has 0 N–H and O–H groups in total. The normalized spacial score (nSPS) is 11.2. The number of carbonyl (C=O) groups excluding carboxylic acids is 1. The standard InChI is InChI=1S/C14H18O2/c1-3-16-14(15)12(2)8-7-11-13-9-5-4-6-10-13/h4-6,8-10H,3,7,11H2,1-2H3/b12-8+. The average molecular weight is 218 g/mol. The van der Waals surface area contributed by atoms with Crippen molar-refractivity contribution >= 4 is 5.97 Å². The molecule has 0 aliphatic carbocycles. The minimum Gasteiger partial charge on any atom is -0.463 e. The molecule has 16 heavy (non-hydrogen) atoms. The second kappa shape index (κ2) is 6.83. The Balaban J connectivity index is 2.39. The van der Waals surface area contributed by atoms with Crippen molar-refractivity contribution in [3.8, 4) is 0 Å². The summed E-state index contributed by atoms with van der Waals surface area (Å²) in [6, 6.07) is 10.2. The van der Waals surface area contributed by atoms with Gasteiger partial charge in [-0.25, -0.2) is 4.79 Å². The molecule has 0 bridgehead atoms. The Morgan fingerprint density at radius 1 is 1.31 bits per heavy atom. The first kappa shape index (κ1) is 12.5. The summed E-state index contributed by atoms with van der Waals surface area (Å²) in [5, 5.41) is 0. The number of carbonyl (C=O) groups is 1. The van der Waals surface area contributed by atoms with Gasteiger partial charge >= 0.3 is 5.97 Å². The van der Waals surface area contributed by atoms with E-state index in [-0.39, 0.29) is 5.97 Å². The molecule has 0 aliphatic heterocycles. The van der Waals surface area contributed by atoms with E-state index in [1.54, 1.807) is 6.92 Å². The van der Waals surface area contributed by atoms with Crippen molar-refractivity contribution in [2.45, 2.75) is 26.7 Å². The second-order valence-electron chi connectivity index (χ2n) is 3.63. The van der Waals surface area contributed by atoms with Crippen LogP contribution < -0.4 is 0 Å². The lowest BCUT2D eigenvalue weighted by Crippen LogP contribution is -2.05. The zero-order chi connectivity index (χ0) is 11.8. The molecule has 0 radical (unpaired) electrons. The van der Waals surface area contributed by atoms with E-state index in [2.05, 4.69) is 12.1 Å². The summed E-state index contributed by atoms with van der Waals surface area (Å²) < 4.78 is 4.90. The van der Waals surface area contributed by atoms with Crippen molar-refractivity contribution in [1.82, 2.24) is 0 Å². The summed E-state index contributed by atoms with van der Waals surface area (Å²) in [6.07, 6.45) is 3.76. The third kappa shape index (κ3) is 4.30. The summed E-state index contributed by atoms with van der Waals surface area (Å²) >= 11 is 0. The minimum absolute atomic E-state index is 0.212. The van der Waals surface area contributed by atoms with Gasteiger partial charge < -0.3 is 4.74 Å². The molecule has 0 atom stereocenters. The van der Waals surface area contributed by atoms with Crippen molar-refractivity contribution in [3.63, 3.8) is 0 Å². The fourth-order valence-corrected chi connectivity index (χ4v) is 1.43. The van der Waals surface area contributed by atoms with Crippen molar-refractivity contribution in [2.24, 2.45) is 0 Å². The second-order valence-corrected chi connectivity index (χ2v) is 3.63. The largest absolute Gasteiger partial charge is 0.463 e. The fourth-order valence-electron chi connectivity index (χ4n) is 1.43. The molecule has 0 aromatic heterocycles. The van der Waals surface area contributed by atoms with E-state index in [4.69, 9.17) is 4.74 Å². The first-order valence-corrected chi connectivity index (χ1v) is 5.62. The van der Waals surface area contributed by atoms with Crippen LogP contribution in [0.2, 0.25) is 0 Å². The number of hydrogen-bond acceptors (Lipinski definition) is 2. The van der Waals surface area contributed by atoms with Crippen LogP contribution in [0.25, 0.3) is 0 Å². The number of allylic oxidation sites excluding steroid dienone is 1. The van der Waals surface area contributed by atoms with Gasteiger partial charge in [-0.1, -0.05) is 36.4 Å². The molecule has 0 spiro atoms. The highest BCUT2D eigenvalue weighted by Crippen LogP contribution is 2.05. The predicted octanol–water partition coefficient (Wildman–Crippen LogP) is 3.13. The van der Waals surface area contributed by atoms with Crippen LogP contribution in [0.4, 0.5) is 0 Å². The minimum atomic E-state index is -0.212. The number of rotatable bonds is 5. The third-order valence-electron chi connectivity index (χ3n) is 2.32. The van der Waals surface area contributed by atoms with Gasteiger partial charge in [0.2, 0.25) is 0 Å². The molecule has 0 fully saturated rings. The van der Waals surface area contributed by atoms with E-state index < -0.39 is 0 Å². The van der Waals surface area contributed by atoms with Crippen LogP contribution in [-0.4, -0.2) is 12.6 Å². The van der Waals surface area contributed by atoms with Crippen LogP contribution in [0.15, 0.2) is 42.0 Å². The highest BCUT2D eigenvalue weighted by molar-refractivity contribution is 5.87. The van der Waals surface area contributed by atoms with Gasteiger partial charge in [0.05, 0.1) is 6.61 Å². The molecule has 0 saturated carbocycles. The number of esters is 1. The van der Waals surface area contributed by atoms with Gasteiger partial charge in [0.1, 0.15) is 0 Å². The molecule has 2 nitrogen and oxygen atoms in total. The van der Waals surface area contributed by atoms with E-state index in [0.29, 0.717) is 12.2 Å². The molecule has 1 rings (SSSR count). The zero-order valence-electron chi connectivity index (χ0n) is 9.90. The van der Waals surface area contributed by atoms with Crippen molar-refractivity contribution in [3.05, 3.63) is 47.5 Å². The van der Waals surface area contributed by atoms with Crippen LogP contribution in [0.3, 0.4) is 0 Å². The number of ether oxygens (including phenoxy) is 1. The maximum Gasteiger partial charge on any atom is 0.333 e. The van der Waals surface area contributed by atoms with E-state index >= 15 is 0 Å². The summed E-state index contributed by atoms with van der Waals surface area (Å²) in [6.45, 7) is 4.04. The van der Waals surface area contributed by atoms with Crippen LogP contribution in [-0.2, 0) is 16.0 Å². The maximum atomic E-state index is 11.3. The van der Waals surface area contributed by atoms with Crippen molar-refractivity contribution in [2.75, 3.05) is 6.61 Å². The van der Waals surface area contributed by atoms with Gasteiger partial charge in [0.15, 0.2) is 0 Å². The van der Waals surface area contributed by atoms with Crippen LogP contribution >= 0.6 is 0 Å². The summed E-state index contributed by atoms with van der Waals surface area (Å²) in [5.74, 6) is -0.212. The lowest BCUT2D eigenvalue weighted by Gasteiger charge is -2.01. The molecule has 1 aromatic carbocycles. The van der Waals surface area contributed by atoms with Crippen molar-refractivity contribution < 1.29 is 9.53 Å². The number of hydrogen-bond donors (Lipinski definition) is 0. The smallest absolute Gasteiger partial charge is 0.333 e. The van der Waals surface area contributed by atoms with Gasteiger partial charge in [-0.3, -0.25) is 0 Å². The fraction of sp³-hybridized carbons (Fsp3) is 0.357. The molecule has 86 valence electrons. The van der Waals surface area contributed by atoms with E-state index in [1.807, 2.05) is 31.2 Å². The quantitative estimate of drug-likeness (QED) is 0.560. The van der Waals surface area contributed by atoms with Crippen LogP contribution in [0.1, 0.15) is 25.8 Å². The van der Waals surface area contributed by atoms with Gasteiger partial charge in [-0.2, -0.15) is 0 Å². The maximum absolute atomic E-state index is 11.3. The predicted molar refractivity (Wildman–Crippen MR) is 65.2 cm³/mol. The highest BCUT2D eigenvalue weighted by Gasteiger charge is 2.02. The number of benzene rings is 1. The molecule has 0 unspecified atom stereocenters. The van der Waals surface area contributed by atoms with Gasteiger partial charge in [-0.15, -0.1) is 0 Å². The van der Waals surface area contributed by atoms with Gasteiger partial charge in [-0.05, 0) is 32.3 Å². The lowest BCUT2D eigenvalue weighted by atomic mass is 10.1. The SMILES string of the molecule is CCOC(=O)/C(C)=C/CCc1ccccc1. The number of aryl methyl sites for hydroxylation is 1. The molecule has 1 aromatic rings. The summed E-state index contributed by atoms with van der Waals surface area (Å²) in [5.41, 5.74) is 1.98. The van der Waals surface area contributed by atoms with E-state index in [9.17, 15) is 4.79 Å². The molecule has 2 heteroatoms. The third-order valence-corrected chi connectivity index (χ3v) is 2.32. The topological polar surface area (TPSA) is 26.3 Å². The van der Waals surface area contributed by atoms with Crippen LogP contribution in [0.5, 0.6) is 0 Å². The Kier molecular flexibility index (Phi) is 5.34. The molecule has 0 aliphatic rings. The average Bonchev–Trinajstić information content (AvgIpc) is 2.30. The van der Waals surface area contributed by atoms with Gasteiger partial charge in [0, 0.05) is 5.57 Å². The molecule has 0 amide bonds. The van der Waals surface area contributed by atoms with Crippen molar-refractivity contribution in [1.29, 1.82) is 0 Å². The van der Waals surface area contributed by atoms with Gasteiger partial charge in [0.25, 0.3) is 0 Å². The van der Waals surface area contributed by atoms with E-state index in [1.165, 1.54) is 5.56 Å². The summed E-state index contributed by atoms with van der Waals surface area (Å²) in [7, 11) is 0. The Morgan fingerprint density at radius 3 is 2.62 bits per heavy atom. The highest BCUT2D eigenvalue weighted by atomic mass is 16.5. The van der Waals surface area contributed by atoms with E-state index in [0.717, 1.165) is 12.8 Å². The first-order valence-electron chi connectivity index (χ1n) is 5.62. The lowest BCUT2D eigenvalue weighted by molar-refractivity contribution is -0.138. The Bertz CT molecular complexity index is 352. The monoisotopic (exact) mass is 218 g/mol. The molecule has 0 saturated heterocycles. The Morgan fingerprint density at radius 2 is 2.00 bits per heavy atom.